The molecule has 1 amide bonds. The zero-order chi connectivity index (χ0) is 23.8. The second kappa shape index (κ2) is 10.7. The number of aliphatic hydroxyl groups excluding tert-OH is 1. The number of anilines is 1. The topological polar surface area (TPSA) is 97.6 Å². The molecule has 0 aliphatic rings. The van der Waals surface area contributed by atoms with Gasteiger partial charge in [0.1, 0.15) is 11.5 Å². The van der Waals surface area contributed by atoms with Crippen LogP contribution in [0.3, 0.4) is 0 Å². The number of halogens is 3. The number of rotatable bonds is 10. The molecule has 0 bridgehead atoms. The van der Waals surface area contributed by atoms with E-state index in [1.165, 1.54) is 16.7 Å². The van der Waals surface area contributed by atoms with E-state index >= 15 is 0 Å². The molecule has 0 aliphatic heterocycles. The lowest BCUT2D eigenvalue weighted by atomic mass is 10.2. The van der Waals surface area contributed by atoms with Crippen LogP contribution in [0.2, 0.25) is 0 Å². The summed E-state index contributed by atoms with van der Waals surface area (Å²) in [7, 11) is 1.58. The third-order valence-corrected chi connectivity index (χ3v) is 4.44. The van der Waals surface area contributed by atoms with Crippen molar-refractivity contribution in [2.24, 2.45) is 0 Å². The second-order valence-electron chi connectivity index (χ2n) is 6.87. The van der Waals surface area contributed by atoms with Crippen LogP contribution in [0.5, 0.6) is 17.5 Å². The molecule has 0 spiro atoms. The number of benzene rings is 2. The fourth-order valence-corrected chi connectivity index (χ4v) is 3.03. The molecule has 3 aromatic rings. The van der Waals surface area contributed by atoms with Gasteiger partial charge in [0.25, 0.3) is 5.91 Å². The summed E-state index contributed by atoms with van der Waals surface area (Å²) in [5.74, 6) is -0.617. The second-order valence-corrected chi connectivity index (χ2v) is 6.87. The molecule has 11 heteroatoms. The Balaban J connectivity index is 1.98. The quantitative estimate of drug-likeness (QED) is 0.395. The highest BCUT2D eigenvalue weighted by atomic mass is 19.4. The van der Waals surface area contributed by atoms with Gasteiger partial charge < -0.3 is 25.2 Å². The van der Waals surface area contributed by atoms with E-state index in [0.29, 0.717) is 6.42 Å². The molecular weight excluding hydrogens is 441 g/mol. The lowest BCUT2D eigenvalue weighted by Crippen LogP contribution is -2.28. The Labute approximate surface area is 188 Å². The van der Waals surface area contributed by atoms with Crippen molar-refractivity contribution in [3.05, 3.63) is 65.9 Å². The Morgan fingerprint density at radius 3 is 2.52 bits per heavy atom. The lowest BCUT2D eigenvalue weighted by Gasteiger charge is -2.14. The highest BCUT2D eigenvalue weighted by Gasteiger charge is 2.31. The first-order valence-corrected chi connectivity index (χ1v) is 10.1. The van der Waals surface area contributed by atoms with Gasteiger partial charge >= 0.3 is 12.4 Å². The predicted octanol–water partition coefficient (Wildman–Crippen LogP) is 3.78. The van der Waals surface area contributed by atoms with Crippen LogP contribution in [-0.2, 0) is 6.54 Å². The first-order chi connectivity index (χ1) is 15.8. The number of aromatic nitrogens is 2. The van der Waals surface area contributed by atoms with Gasteiger partial charge in [-0.1, -0.05) is 36.4 Å². The number of amides is 1. The van der Waals surface area contributed by atoms with Crippen LogP contribution in [0, 0.1) is 0 Å². The third-order valence-electron chi connectivity index (χ3n) is 4.44. The van der Waals surface area contributed by atoms with Gasteiger partial charge in [0.2, 0.25) is 0 Å². The lowest BCUT2D eigenvalue weighted by molar-refractivity contribution is -0.274. The molecule has 8 nitrogen and oxygen atoms in total. The third kappa shape index (κ3) is 6.62. The SMILES string of the molecule is CNc1nc(Oc2cccc(OC(F)(F)F)c2)n(Cc2ccccc2)c1C(=O)NCCCO. The van der Waals surface area contributed by atoms with Gasteiger partial charge in [-0.05, 0) is 24.1 Å². The molecule has 0 unspecified atom stereocenters. The van der Waals surface area contributed by atoms with Gasteiger partial charge in [-0.3, -0.25) is 9.36 Å². The monoisotopic (exact) mass is 464 g/mol. The number of carbonyl (C=O) groups excluding carboxylic acids is 1. The molecule has 33 heavy (non-hydrogen) atoms. The zero-order valence-corrected chi connectivity index (χ0v) is 17.7. The van der Waals surface area contributed by atoms with Gasteiger partial charge in [-0.2, -0.15) is 4.98 Å². The van der Waals surface area contributed by atoms with Crippen molar-refractivity contribution in [3.8, 4) is 17.5 Å². The summed E-state index contributed by atoms with van der Waals surface area (Å²) in [4.78, 5) is 17.2. The van der Waals surface area contributed by atoms with Crippen molar-refractivity contribution in [2.75, 3.05) is 25.5 Å². The average Bonchev–Trinajstić information content (AvgIpc) is 3.10. The molecule has 176 valence electrons. The molecule has 3 N–H and O–H groups in total. The first-order valence-electron chi connectivity index (χ1n) is 10.1. The van der Waals surface area contributed by atoms with E-state index in [4.69, 9.17) is 9.84 Å². The number of imidazole rings is 1. The molecule has 0 saturated heterocycles. The number of hydrogen-bond donors (Lipinski definition) is 3. The Morgan fingerprint density at radius 1 is 1.12 bits per heavy atom. The van der Waals surface area contributed by atoms with Crippen molar-refractivity contribution in [1.29, 1.82) is 0 Å². The molecule has 0 aliphatic carbocycles. The number of nitrogens with one attached hydrogen (secondary N) is 2. The van der Waals surface area contributed by atoms with Crippen molar-refractivity contribution in [3.63, 3.8) is 0 Å². The summed E-state index contributed by atoms with van der Waals surface area (Å²) >= 11 is 0. The summed E-state index contributed by atoms with van der Waals surface area (Å²) in [6, 6.07) is 14.3. The summed E-state index contributed by atoms with van der Waals surface area (Å²) in [5, 5.41) is 14.5. The Kier molecular flexibility index (Phi) is 7.78. The van der Waals surface area contributed by atoms with Crippen LogP contribution in [0.1, 0.15) is 22.5 Å². The largest absolute Gasteiger partial charge is 0.573 e. The molecule has 1 heterocycles. The van der Waals surface area contributed by atoms with Crippen molar-refractivity contribution >= 4 is 11.7 Å². The fraction of sp³-hybridized carbons (Fsp3) is 0.273. The van der Waals surface area contributed by atoms with Crippen LogP contribution >= 0.6 is 0 Å². The van der Waals surface area contributed by atoms with E-state index in [2.05, 4.69) is 20.4 Å². The molecule has 1 aromatic heterocycles. The Hall–Kier alpha value is -3.73. The number of hydrogen-bond acceptors (Lipinski definition) is 6. The van der Waals surface area contributed by atoms with E-state index in [0.717, 1.165) is 17.7 Å². The molecular formula is C22H23F3N4O4. The van der Waals surface area contributed by atoms with Gasteiger partial charge in [0, 0.05) is 26.3 Å². The Morgan fingerprint density at radius 2 is 1.85 bits per heavy atom. The molecule has 0 radical (unpaired) electrons. The van der Waals surface area contributed by atoms with Crippen LogP contribution in [0.25, 0.3) is 0 Å². The number of carbonyl (C=O) groups is 1. The maximum Gasteiger partial charge on any atom is 0.573 e. The molecule has 0 saturated carbocycles. The van der Waals surface area contributed by atoms with Crippen LogP contribution in [0.4, 0.5) is 19.0 Å². The minimum atomic E-state index is -4.84. The average molecular weight is 464 g/mol. The highest BCUT2D eigenvalue weighted by molar-refractivity contribution is 5.97. The number of alkyl halides is 3. The number of nitrogens with zero attached hydrogens (tertiary/aromatic N) is 2. The fourth-order valence-electron chi connectivity index (χ4n) is 3.03. The molecule has 2 aromatic carbocycles. The zero-order valence-electron chi connectivity index (χ0n) is 17.7. The minimum Gasteiger partial charge on any atom is -0.425 e. The molecule has 0 fully saturated rings. The van der Waals surface area contributed by atoms with Gasteiger partial charge in [0.05, 0.1) is 6.54 Å². The summed E-state index contributed by atoms with van der Waals surface area (Å²) in [6.07, 6.45) is -4.47. The van der Waals surface area contributed by atoms with Crippen molar-refractivity contribution < 1.29 is 32.5 Å². The van der Waals surface area contributed by atoms with E-state index in [9.17, 15) is 18.0 Å². The van der Waals surface area contributed by atoms with E-state index in [1.807, 2.05) is 30.3 Å². The van der Waals surface area contributed by atoms with Crippen molar-refractivity contribution in [1.82, 2.24) is 14.9 Å². The summed E-state index contributed by atoms with van der Waals surface area (Å²) < 4.78 is 49.0. The summed E-state index contributed by atoms with van der Waals surface area (Å²) in [6.45, 7) is 0.390. The molecule has 0 atom stereocenters. The van der Waals surface area contributed by atoms with Gasteiger partial charge in [-0.15, -0.1) is 13.2 Å². The number of ether oxygens (including phenoxy) is 2. The predicted molar refractivity (Wildman–Crippen MR) is 115 cm³/mol. The minimum absolute atomic E-state index is 0.000306. The Bertz CT molecular complexity index is 1070. The van der Waals surface area contributed by atoms with Crippen LogP contribution in [-0.4, -0.2) is 47.1 Å². The first kappa shape index (κ1) is 23.9. The van der Waals surface area contributed by atoms with Gasteiger partial charge in [0.15, 0.2) is 11.5 Å². The van der Waals surface area contributed by atoms with E-state index in [-0.39, 0.29) is 43.0 Å². The summed E-state index contributed by atoms with van der Waals surface area (Å²) in [5.41, 5.74) is 1.03. The van der Waals surface area contributed by atoms with E-state index < -0.39 is 18.0 Å². The smallest absolute Gasteiger partial charge is 0.425 e. The maximum absolute atomic E-state index is 12.9. The van der Waals surface area contributed by atoms with Crippen LogP contribution < -0.4 is 20.1 Å². The highest BCUT2D eigenvalue weighted by Crippen LogP contribution is 2.31. The normalized spacial score (nSPS) is 11.2. The van der Waals surface area contributed by atoms with E-state index in [1.54, 1.807) is 7.05 Å². The molecule has 3 rings (SSSR count). The van der Waals surface area contributed by atoms with Crippen molar-refractivity contribution in [2.45, 2.75) is 19.3 Å². The van der Waals surface area contributed by atoms with Crippen LogP contribution in [0.15, 0.2) is 54.6 Å². The maximum atomic E-state index is 12.9. The van der Waals surface area contributed by atoms with Gasteiger partial charge in [-0.25, -0.2) is 0 Å². The standard InChI is InChI=1S/C22H23F3N4O4/c1-26-19-18(20(31)27-11-6-12-30)29(14-15-7-3-2-4-8-15)21(28-19)32-16-9-5-10-17(13-16)33-22(23,24)25/h2-5,7-10,13,26,30H,6,11-12,14H2,1H3,(H,27,31). The number of aliphatic hydroxyl groups is 1.